The minimum absolute atomic E-state index is 0.287. The lowest BCUT2D eigenvalue weighted by Crippen LogP contribution is -2.28. The monoisotopic (exact) mass is 243 g/mol. The fourth-order valence-corrected chi connectivity index (χ4v) is 1.59. The highest BCUT2D eigenvalue weighted by molar-refractivity contribution is 6.28. The number of likely N-dealkylation sites (N-methyl/N-ethyl adjacent to an activating group) is 1. The molecule has 0 aliphatic carbocycles. The maximum atomic E-state index is 5.80. The molecule has 0 fully saturated rings. The molecule has 90 valence electrons. The normalized spacial score (nSPS) is 10.5. The highest BCUT2D eigenvalue weighted by atomic mass is 35.5. The Bertz CT molecular complexity index is 333. The fraction of sp³-hybridized carbons (Fsp3) is 0.636. The molecule has 1 aromatic heterocycles. The second-order valence-electron chi connectivity index (χ2n) is 3.42. The first kappa shape index (κ1) is 13.2. The number of anilines is 1. The molecular formula is C11H18ClN3O. The van der Waals surface area contributed by atoms with Crippen LogP contribution in [0.4, 0.5) is 5.82 Å². The van der Waals surface area contributed by atoms with Crippen LogP contribution in [0.1, 0.15) is 19.4 Å². The van der Waals surface area contributed by atoms with E-state index < -0.39 is 0 Å². The van der Waals surface area contributed by atoms with Gasteiger partial charge in [0.1, 0.15) is 5.82 Å². The van der Waals surface area contributed by atoms with E-state index in [1.54, 1.807) is 6.20 Å². The maximum absolute atomic E-state index is 5.80. The van der Waals surface area contributed by atoms with Gasteiger partial charge in [0.15, 0.2) is 0 Å². The van der Waals surface area contributed by atoms with Crippen LogP contribution in [0.2, 0.25) is 5.28 Å². The summed E-state index contributed by atoms with van der Waals surface area (Å²) < 4.78 is 5.34. The van der Waals surface area contributed by atoms with Crippen molar-refractivity contribution in [3.8, 4) is 0 Å². The van der Waals surface area contributed by atoms with Gasteiger partial charge < -0.3 is 9.64 Å². The predicted molar refractivity (Wildman–Crippen MR) is 66.2 cm³/mol. The van der Waals surface area contributed by atoms with Crippen molar-refractivity contribution >= 4 is 17.4 Å². The smallest absolute Gasteiger partial charge is 0.224 e. The van der Waals surface area contributed by atoms with E-state index in [-0.39, 0.29) is 5.28 Å². The molecule has 0 N–H and O–H groups in total. The Morgan fingerprint density at radius 1 is 1.44 bits per heavy atom. The Kier molecular flexibility index (Phi) is 5.49. The van der Waals surface area contributed by atoms with Gasteiger partial charge in [0.05, 0.1) is 6.61 Å². The van der Waals surface area contributed by atoms with Gasteiger partial charge in [-0.3, -0.25) is 0 Å². The topological polar surface area (TPSA) is 38.2 Å². The van der Waals surface area contributed by atoms with E-state index in [4.69, 9.17) is 16.3 Å². The minimum Gasteiger partial charge on any atom is -0.380 e. The number of aromatic nitrogens is 2. The Hall–Kier alpha value is -0.870. The van der Waals surface area contributed by atoms with Crippen LogP contribution in [0, 0.1) is 6.92 Å². The summed E-state index contributed by atoms with van der Waals surface area (Å²) in [5.41, 5.74) is 1.03. The quantitative estimate of drug-likeness (QED) is 0.568. The van der Waals surface area contributed by atoms with E-state index in [1.165, 1.54) is 0 Å². The molecule has 5 heteroatoms. The predicted octanol–water partition coefficient (Wildman–Crippen LogP) is 2.30. The van der Waals surface area contributed by atoms with E-state index in [0.717, 1.165) is 31.1 Å². The number of aryl methyl sites for hydroxylation is 1. The number of hydrogen-bond donors (Lipinski definition) is 0. The summed E-state index contributed by atoms with van der Waals surface area (Å²) in [5.74, 6) is 0.891. The van der Waals surface area contributed by atoms with Gasteiger partial charge in [0.25, 0.3) is 0 Å². The van der Waals surface area contributed by atoms with Crippen molar-refractivity contribution in [3.63, 3.8) is 0 Å². The van der Waals surface area contributed by atoms with Crippen LogP contribution < -0.4 is 4.90 Å². The van der Waals surface area contributed by atoms with E-state index in [0.29, 0.717) is 6.61 Å². The van der Waals surface area contributed by atoms with Crippen LogP contribution in [-0.2, 0) is 4.74 Å². The molecule has 0 atom stereocenters. The first-order valence-electron chi connectivity index (χ1n) is 5.50. The number of halogens is 1. The molecule has 0 saturated carbocycles. The largest absolute Gasteiger partial charge is 0.380 e. The van der Waals surface area contributed by atoms with Crippen LogP contribution in [-0.4, -0.2) is 36.3 Å². The maximum Gasteiger partial charge on any atom is 0.224 e. The third-order valence-corrected chi connectivity index (χ3v) is 2.49. The van der Waals surface area contributed by atoms with Gasteiger partial charge in [-0.05, 0) is 32.4 Å². The summed E-state index contributed by atoms with van der Waals surface area (Å²) in [6, 6.07) is 0. The average molecular weight is 244 g/mol. The van der Waals surface area contributed by atoms with Crippen molar-refractivity contribution in [2.45, 2.75) is 20.8 Å². The van der Waals surface area contributed by atoms with Gasteiger partial charge in [-0.25, -0.2) is 9.97 Å². The third-order valence-electron chi connectivity index (χ3n) is 2.31. The van der Waals surface area contributed by atoms with Gasteiger partial charge in [0.2, 0.25) is 5.28 Å². The number of rotatable bonds is 6. The lowest BCUT2D eigenvalue weighted by molar-refractivity contribution is 0.154. The molecule has 0 aliphatic rings. The summed E-state index contributed by atoms with van der Waals surface area (Å²) >= 11 is 5.80. The second kappa shape index (κ2) is 6.66. The van der Waals surface area contributed by atoms with Crippen LogP contribution in [0.25, 0.3) is 0 Å². The standard InChI is InChI=1S/C11H18ClN3O/c1-4-15(6-7-16-5-2)10-9(3)8-13-11(12)14-10/h8H,4-7H2,1-3H3. The number of hydrogen-bond acceptors (Lipinski definition) is 4. The van der Waals surface area contributed by atoms with Gasteiger partial charge in [-0.2, -0.15) is 0 Å². The van der Waals surface area contributed by atoms with Crippen molar-refractivity contribution in [2.24, 2.45) is 0 Å². The SMILES string of the molecule is CCOCCN(CC)c1nc(Cl)ncc1C. The highest BCUT2D eigenvalue weighted by Crippen LogP contribution is 2.17. The van der Waals surface area contributed by atoms with Gasteiger partial charge in [0, 0.05) is 31.5 Å². The van der Waals surface area contributed by atoms with Crippen molar-refractivity contribution in [2.75, 3.05) is 31.2 Å². The van der Waals surface area contributed by atoms with Gasteiger partial charge >= 0.3 is 0 Å². The Balaban J connectivity index is 2.73. The molecule has 16 heavy (non-hydrogen) atoms. The van der Waals surface area contributed by atoms with Crippen molar-refractivity contribution < 1.29 is 4.74 Å². The van der Waals surface area contributed by atoms with Crippen LogP contribution in [0.3, 0.4) is 0 Å². The Labute approximate surface area is 102 Å². The molecule has 0 bridgehead atoms. The second-order valence-corrected chi connectivity index (χ2v) is 3.76. The molecule has 1 aromatic rings. The van der Waals surface area contributed by atoms with E-state index in [9.17, 15) is 0 Å². The summed E-state index contributed by atoms with van der Waals surface area (Å²) in [6.45, 7) is 9.19. The summed E-state index contributed by atoms with van der Waals surface area (Å²) in [7, 11) is 0. The summed E-state index contributed by atoms with van der Waals surface area (Å²) in [6.07, 6.45) is 1.74. The fourth-order valence-electron chi connectivity index (χ4n) is 1.47. The van der Waals surface area contributed by atoms with Crippen molar-refractivity contribution in [1.82, 2.24) is 9.97 Å². The zero-order valence-corrected chi connectivity index (χ0v) is 10.8. The molecule has 0 saturated heterocycles. The van der Waals surface area contributed by atoms with E-state index >= 15 is 0 Å². The van der Waals surface area contributed by atoms with E-state index in [1.807, 2.05) is 13.8 Å². The minimum atomic E-state index is 0.287. The van der Waals surface area contributed by atoms with Crippen LogP contribution in [0.5, 0.6) is 0 Å². The molecule has 1 rings (SSSR count). The Morgan fingerprint density at radius 3 is 2.81 bits per heavy atom. The zero-order valence-electron chi connectivity index (χ0n) is 10.0. The molecule has 1 heterocycles. The molecule has 0 unspecified atom stereocenters. The average Bonchev–Trinajstić information content (AvgIpc) is 2.28. The van der Waals surface area contributed by atoms with Gasteiger partial charge in [-0.15, -0.1) is 0 Å². The first-order chi connectivity index (χ1) is 7.69. The van der Waals surface area contributed by atoms with Gasteiger partial charge in [-0.1, -0.05) is 0 Å². The highest BCUT2D eigenvalue weighted by Gasteiger charge is 2.10. The van der Waals surface area contributed by atoms with E-state index in [2.05, 4.69) is 21.8 Å². The molecule has 0 aromatic carbocycles. The Morgan fingerprint density at radius 2 is 2.19 bits per heavy atom. The molecule has 0 radical (unpaired) electrons. The van der Waals surface area contributed by atoms with Crippen LogP contribution >= 0.6 is 11.6 Å². The van der Waals surface area contributed by atoms with Crippen molar-refractivity contribution in [1.29, 1.82) is 0 Å². The van der Waals surface area contributed by atoms with Crippen LogP contribution in [0.15, 0.2) is 6.20 Å². The lowest BCUT2D eigenvalue weighted by Gasteiger charge is -2.23. The summed E-state index contributed by atoms with van der Waals surface area (Å²) in [5, 5.41) is 0.287. The number of nitrogens with zero attached hydrogens (tertiary/aromatic N) is 3. The zero-order chi connectivity index (χ0) is 12.0. The molecule has 0 aliphatic heterocycles. The molecular weight excluding hydrogens is 226 g/mol. The summed E-state index contributed by atoms with van der Waals surface area (Å²) in [4.78, 5) is 10.3. The third kappa shape index (κ3) is 3.61. The molecule has 4 nitrogen and oxygen atoms in total. The number of ether oxygens (including phenoxy) is 1. The molecule has 0 spiro atoms. The first-order valence-corrected chi connectivity index (χ1v) is 5.88. The lowest BCUT2D eigenvalue weighted by atomic mass is 10.3. The molecule has 0 amide bonds. The van der Waals surface area contributed by atoms with Crippen molar-refractivity contribution in [3.05, 3.63) is 17.0 Å².